The van der Waals surface area contributed by atoms with Crippen LogP contribution in [0.15, 0.2) is 65.6 Å². The van der Waals surface area contributed by atoms with Gasteiger partial charge in [0.15, 0.2) is 0 Å². The highest BCUT2D eigenvalue weighted by Crippen LogP contribution is 2.22. The first-order valence-electron chi connectivity index (χ1n) is 9.00. The van der Waals surface area contributed by atoms with Gasteiger partial charge >= 0.3 is 0 Å². The SMILES string of the molecule is [3H]c1ccc(-n2c(/C=C/c3ncccc3C#N)nc3ccc(F)cc3c2=O)c(Cl)c1. The Morgan fingerprint density at radius 2 is 2.07 bits per heavy atom. The van der Waals surface area contributed by atoms with Crippen LogP contribution in [0.2, 0.25) is 5.02 Å². The first-order chi connectivity index (χ1) is 14.5. The van der Waals surface area contributed by atoms with Gasteiger partial charge in [0.2, 0.25) is 0 Å². The van der Waals surface area contributed by atoms with Crippen molar-refractivity contribution >= 4 is 34.7 Å². The van der Waals surface area contributed by atoms with Gasteiger partial charge in [0, 0.05) is 6.20 Å². The van der Waals surface area contributed by atoms with E-state index >= 15 is 0 Å². The lowest BCUT2D eigenvalue weighted by atomic mass is 10.2. The third-order valence-electron chi connectivity index (χ3n) is 4.24. The van der Waals surface area contributed by atoms with Crippen LogP contribution in [-0.4, -0.2) is 14.5 Å². The third kappa shape index (κ3) is 3.51. The number of nitriles is 1. The Morgan fingerprint density at radius 1 is 1.21 bits per heavy atom. The van der Waals surface area contributed by atoms with Crippen molar-refractivity contribution in [1.29, 1.82) is 5.26 Å². The fourth-order valence-electron chi connectivity index (χ4n) is 2.90. The van der Waals surface area contributed by atoms with Gasteiger partial charge in [0.05, 0.1) is 34.2 Å². The highest BCUT2D eigenvalue weighted by atomic mass is 35.5. The van der Waals surface area contributed by atoms with E-state index in [9.17, 15) is 14.4 Å². The molecule has 5 nitrogen and oxygen atoms in total. The van der Waals surface area contributed by atoms with Crippen LogP contribution in [0.1, 0.15) is 18.5 Å². The number of para-hydroxylation sites is 1. The molecule has 2 aromatic carbocycles. The number of fused-ring (bicyclic) bond motifs is 1. The number of rotatable bonds is 3. The van der Waals surface area contributed by atoms with E-state index < -0.39 is 11.4 Å². The summed E-state index contributed by atoms with van der Waals surface area (Å²) >= 11 is 6.29. The topological polar surface area (TPSA) is 71.6 Å². The summed E-state index contributed by atoms with van der Waals surface area (Å²) < 4.78 is 22.7. The molecule has 0 atom stereocenters. The molecule has 140 valence electrons. The minimum atomic E-state index is -0.559. The molecule has 0 unspecified atom stereocenters. The van der Waals surface area contributed by atoms with E-state index in [1.807, 2.05) is 0 Å². The van der Waals surface area contributed by atoms with Gasteiger partial charge in [0.1, 0.15) is 17.7 Å². The number of pyridine rings is 1. The van der Waals surface area contributed by atoms with Gasteiger partial charge in [0.25, 0.3) is 5.56 Å². The van der Waals surface area contributed by atoms with Crippen LogP contribution in [0.5, 0.6) is 0 Å². The van der Waals surface area contributed by atoms with Crippen LogP contribution in [0.3, 0.4) is 0 Å². The summed E-state index contributed by atoms with van der Waals surface area (Å²) in [6, 6.07) is 13.7. The second-order valence-corrected chi connectivity index (χ2v) is 6.44. The van der Waals surface area contributed by atoms with Crippen LogP contribution in [-0.2, 0) is 0 Å². The molecule has 0 fully saturated rings. The van der Waals surface area contributed by atoms with Gasteiger partial charge in [-0.3, -0.25) is 14.3 Å². The van der Waals surface area contributed by atoms with Crippen LogP contribution in [0.25, 0.3) is 28.7 Å². The molecule has 0 aliphatic heterocycles. The zero-order valence-electron chi connectivity index (χ0n) is 15.8. The average Bonchev–Trinajstić information content (AvgIpc) is 2.74. The number of aromatic nitrogens is 3. The van der Waals surface area contributed by atoms with E-state index in [4.69, 9.17) is 13.0 Å². The molecule has 0 saturated carbocycles. The van der Waals surface area contributed by atoms with Crippen LogP contribution in [0, 0.1) is 17.1 Å². The Morgan fingerprint density at radius 3 is 2.86 bits per heavy atom. The largest absolute Gasteiger partial charge is 0.268 e. The van der Waals surface area contributed by atoms with Gasteiger partial charge in [-0.2, -0.15) is 5.26 Å². The Labute approximate surface area is 171 Å². The first kappa shape index (κ1) is 17.3. The summed E-state index contributed by atoms with van der Waals surface area (Å²) in [5.41, 5.74) is 0.875. The van der Waals surface area contributed by atoms with Gasteiger partial charge in [-0.25, -0.2) is 9.37 Å². The molecule has 0 aliphatic carbocycles. The van der Waals surface area contributed by atoms with Gasteiger partial charge in [-0.05, 0) is 54.6 Å². The standard InChI is InChI=1S/C22H12ClFN4O/c23-17-5-1-2-6-20(17)28-21(10-9-18-14(13-25)4-3-11-26-18)27-19-8-7-15(24)12-16(19)22(28)29/h1-12H/b10-9+/i1T. The van der Waals surface area contributed by atoms with E-state index in [0.717, 1.165) is 6.07 Å². The van der Waals surface area contributed by atoms with E-state index in [1.165, 1.54) is 41.0 Å². The molecule has 29 heavy (non-hydrogen) atoms. The van der Waals surface area contributed by atoms with Crippen molar-refractivity contribution in [3.63, 3.8) is 0 Å². The predicted molar refractivity (Wildman–Crippen MR) is 110 cm³/mol. The second kappa shape index (κ2) is 7.66. The first-order valence-corrected chi connectivity index (χ1v) is 8.88. The molecule has 0 bridgehead atoms. The molecule has 0 saturated heterocycles. The normalized spacial score (nSPS) is 11.6. The zero-order chi connectivity index (χ0) is 21.3. The summed E-state index contributed by atoms with van der Waals surface area (Å²) in [4.78, 5) is 21.9. The molecular weight excluding hydrogens is 391 g/mol. The molecule has 0 radical (unpaired) electrons. The van der Waals surface area contributed by atoms with Gasteiger partial charge in [-0.15, -0.1) is 0 Å². The monoisotopic (exact) mass is 404 g/mol. The third-order valence-corrected chi connectivity index (χ3v) is 4.54. The molecule has 7 heteroatoms. The zero-order valence-corrected chi connectivity index (χ0v) is 15.6. The number of hydrogen-bond acceptors (Lipinski definition) is 4. The number of hydrogen-bond donors (Lipinski definition) is 0. The van der Waals surface area contributed by atoms with Crippen LogP contribution < -0.4 is 5.56 Å². The fourth-order valence-corrected chi connectivity index (χ4v) is 3.11. The second-order valence-electron chi connectivity index (χ2n) is 6.03. The number of benzene rings is 2. The summed E-state index contributed by atoms with van der Waals surface area (Å²) in [6.45, 7) is 0. The van der Waals surface area contributed by atoms with Crippen molar-refractivity contribution in [1.82, 2.24) is 14.5 Å². The average molecular weight is 405 g/mol. The Bertz CT molecular complexity index is 1430. The molecule has 4 aromatic rings. The summed E-state index contributed by atoms with van der Waals surface area (Å²) in [5.74, 6) is -0.343. The Balaban J connectivity index is 2.00. The van der Waals surface area contributed by atoms with Crippen molar-refractivity contribution in [3.8, 4) is 11.8 Å². The molecular formula is C22H12ClFN4O. The maximum absolute atomic E-state index is 13.8. The predicted octanol–water partition coefficient (Wildman–Crippen LogP) is 4.62. The molecule has 0 N–H and O–H groups in total. The molecule has 0 spiro atoms. The van der Waals surface area contributed by atoms with E-state index in [2.05, 4.69) is 16.0 Å². The fraction of sp³-hybridized carbons (Fsp3) is 0. The molecule has 2 heterocycles. The van der Waals surface area contributed by atoms with E-state index in [1.54, 1.807) is 24.4 Å². The summed E-state index contributed by atoms with van der Waals surface area (Å²) in [5, 5.41) is 9.52. The number of halogens is 2. The lowest BCUT2D eigenvalue weighted by molar-refractivity contribution is 0.629. The number of nitrogens with zero attached hydrogens (tertiary/aromatic N) is 4. The maximum atomic E-state index is 13.8. The van der Waals surface area contributed by atoms with Gasteiger partial charge in [-0.1, -0.05) is 23.7 Å². The van der Waals surface area contributed by atoms with Crippen LogP contribution >= 0.6 is 11.6 Å². The summed E-state index contributed by atoms with van der Waals surface area (Å²) in [6.07, 6.45) is 4.66. The lowest BCUT2D eigenvalue weighted by Crippen LogP contribution is -2.22. The highest BCUT2D eigenvalue weighted by molar-refractivity contribution is 6.32. The quantitative estimate of drug-likeness (QED) is 0.499. The van der Waals surface area contributed by atoms with Crippen molar-refractivity contribution in [3.05, 3.63) is 99.0 Å². The highest BCUT2D eigenvalue weighted by Gasteiger charge is 2.14. The van der Waals surface area contributed by atoms with Crippen molar-refractivity contribution in [2.75, 3.05) is 0 Å². The summed E-state index contributed by atoms with van der Waals surface area (Å²) in [7, 11) is 0. The Hall–Kier alpha value is -3.82. The van der Waals surface area contributed by atoms with Crippen molar-refractivity contribution in [2.45, 2.75) is 0 Å². The minimum absolute atomic E-state index is 0.0914. The van der Waals surface area contributed by atoms with Crippen molar-refractivity contribution in [2.24, 2.45) is 0 Å². The van der Waals surface area contributed by atoms with E-state index in [0.29, 0.717) is 22.5 Å². The van der Waals surface area contributed by atoms with Crippen molar-refractivity contribution < 1.29 is 5.76 Å². The maximum Gasteiger partial charge on any atom is 0.266 e. The van der Waals surface area contributed by atoms with Gasteiger partial charge < -0.3 is 0 Å². The molecule has 4 rings (SSSR count). The molecule has 2 aromatic heterocycles. The minimum Gasteiger partial charge on any atom is -0.268 e. The Kier molecular flexibility index (Phi) is 4.57. The molecule has 0 aliphatic rings. The van der Waals surface area contributed by atoms with E-state index in [-0.39, 0.29) is 22.3 Å². The van der Waals surface area contributed by atoms with Crippen LogP contribution in [0.4, 0.5) is 4.39 Å². The smallest absolute Gasteiger partial charge is 0.266 e. The molecule has 0 amide bonds. The lowest BCUT2D eigenvalue weighted by Gasteiger charge is -2.13.